The van der Waals surface area contributed by atoms with Gasteiger partial charge < -0.3 is 10.7 Å². The molecule has 3 N–H and O–H groups in total. The number of hydrogen-bond donors (Lipinski definition) is 2. The number of aromatic amines is 1. The van der Waals surface area contributed by atoms with Gasteiger partial charge in [0.25, 0.3) is 0 Å². The molecule has 0 unspecified atom stereocenters. The van der Waals surface area contributed by atoms with Crippen molar-refractivity contribution in [1.82, 2.24) is 9.97 Å². The SMILES string of the molecule is Br.Br.C[C@@H](N)[C@@H](C)c1cnc[nH]1. The lowest BCUT2D eigenvalue weighted by Gasteiger charge is -2.12. The number of rotatable bonds is 2. The lowest BCUT2D eigenvalue weighted by atomic mass is 10.0. The molecule has 5 heteroatoms. The van der Waals surface area contributed by atoms with E-state index in [1.54, 1.807) is 6.33 Å². The van der Waals surface area contributed by atoms with Crippen molar-refractivity contribution >= 4 is 34.0 Å². The molecule has 0 bridgehead atoms. The van der Waals surface area contributed by atoms with Crippen LogP contribution in [-0.4, -0.2) is 16.0 Å². The molecule has 0 aliphatic carbocycles. The Kier molecular flexibility index (Phi) is 8.08. The Bertz CT molecular complexity index is 187. The van der Waals surface area contributed by atoms with E-state index in [1.807, 2.05) is 13.1 Å². The van der Waals surface area contributed by atoms with E-state index < -0.39 is 0 Å². The fourth-order valence-corrected chi connectivity index (χ4v) is 0.799. The molecule has 3 nitrogen and oxygen atoms in total. The summed E-state index contributed by atoms with van der Waals surface area (Å²) in [5.74, 6) is 0.363. The van der Waals surface area contributed by atoms with Gasteiger partial charge in [0.05, 0.1) is 6.33 Å². The van der Waals surface area contributed by atoms with Gasteiger partial charge >= 0.3 is 0 Å². The molecule has 1 aromatic heterocycles. The molecule has 0 aromatic carbocycles. The number of H-pyrrole nitrogens is 1. The Morgan fingerprint density at radius 2 is 2.00 bits per heavy atom. The van der Waals surface area contributed by atoms with Crippen molar-refractivity contribution in [2.45, 2.75) is 25.8 Å². The van der Waals surface area contributed by atoms with Crippen LogP contribution < -0.4 is 5.73 Å². The van der Waals surface area contributed by atoms with Gasteiger partial charge in [0.1, 0.15) is 0 Å². The third-order valence-corrected chi connectivity index (χ3v) is 1.80. The van der Waals surface area contributed by atoms with Crippen LogP contribution in [-0.2, 0) is 0 Å². The molecule has 0 fully saturated rings. The van der Waals surface area contributed by atoms with Gasteiger partial charge in [-0.1, -0.05) is 6.92 Å². The van der Waals surface area contributed by atoms with E-state index in [0.717, 1.165) is 5.69 Å². The third-order valence-electron chi connectivity index (χ3n) is 1.80. The zero-order chi connectivity index (χ0) is 7.56. The Labute approximate surface area is 93.7 Å². The van der Waals surface area contributed by atoms with Gasteiger partial charge in [-0.25, -0.2) is 4.98 Å². The predicted molar refractivity (Wildman–Crippen MR) is 61.3 cm³/mol. The second-order valence-electron chi connectivity index (χ2n) is 2.65. The molecule has 0 aliphatic rings. The van der Waals surface area contributed by atoms with Crippen molar-refractivity contribution in [3.8, 4) is 0 Å². The van der Waals surface area contributed by atoms with Crippen molar-refractivity contribution in [3.05, 3.63) is 18.2 Å². The summed E-state index contributed by atoms with van der Waals surface area (Å²) >= 11 is 0. The quantitative estimate of drug-likeness (QED) is 0.878. The van der Waals surface area contributed by atoms with Crippen molar-refractivity contribution in [1.29, 1.82) is 0 Å². The summed E-state index contributed by atoms with van der Waals surface area (Å²) in [7, 11) is 0. The molecule has 0 amide bonds. The zero-order valence-corrected chi connectivity index (χ0v) is 10.6. The minimum Gasteiger partial charge on any atom is -0.348 e. The summed E-state index contributed by atoms with van der Waals surface area (Å²) in [6.07, 6.45) is 3.49. The Hall–Kier alpha value is 0.130. The fraction of sp³-hybridized carbons (Fsp3) is 0.571. The average molecular weight is 301 g/mol. The molecule has 0 saturated heterocycles. The van der Waals surface area contributed by atoms with E-state index in [4.69, 9.17) is 5.73 Å². The Morgan fingerprint density at radius 1 is 1.42 bits per heavy atom. The molecule has 0 radical (unpaired) electrons. The third kappa shape index (κ3) is 3.69. The summed E-state index contributed by atoms with van der Waals surface area (Å²) in [4.78, 5) is 6.94. The van der Waals surface area contributed by atoms with Crippen LogP contribution in [0.3, 0.4) is 0 Å². The summed E-state index contributed by atoms with van der Waals surface area (Å²) in [5.41, 5.74) is 6.79. The Balaban J connectivity index is 0. The van der Waals surface area contributed by atoms with Crippen LogP contribution in [0.2, 0.25) is 0 Å². The van der Waals surface area contributed by atoms with Crippen LogP contribution in [0.4, 0.5) is 0 Å². The summed E-state index contributed by atoms with van der Waals surface area (Å²) in [5, 5.41) is 0. The van der Waals surface area contributed by atoms with Crippen LogP contribution in [0.5, 0.6) is 0 Å². The van der Waals surface area contributed by atoms with E-state index in [0.29, 0.717) is 5.92 Å². The second kappa shape index (κ2) is 6.62. The van der Waals surface area contributed by atoms with Gasteiger partial charge in [-0.3, -0.25) is 0 Å². The summed E-state index contributed by atoms with van der Waals surface area (Å²) in [6, 6.07) is 0.181. The topological polar surface area (TPSA) is 54.7 Å². The normalized spacial score (nSPS) is 13.9. The largest absolute Gasteiger partial charge is 0.348 e. The van der Waals surface area contributed by atoms with E-state index in [2.05, 4.69) is 16.9 Å². The van der Waals surface area contributed by atoms with Gasteiger partial charge in [0, 0.05) is 23.9 Å². The monoisotopic (exact) mass is 299 g/mol. The number of nitrogens with zero attached hydrogens (tertiary/aromatic N) is 1. The minimum absolute atomic E-state index is 0. The molecular weight excluding hydrogens is 286 g/mol. The van der Waals surface area contributed by atoms with E-state index in [-0.39, 0.29) is 40.0 Å². The number of imidazole rings is 1. The lowest BCUT2D eigenvalue weighted by molar-refractivity contribution is 0.601. The molecule has 0 spiro atoms. The van der Waals surface area contributed by atoms with Gasteiger partial charge in [0.2, 0.25) is 0 Å². The van der Waals surface area contributed by atoms with Crippen LogP contribution in [0.15, 0.2) is 12.5 Å². The molecule has 2 atom stereocenters. The van der Waals surface area contributed by atoms with E-state index >= 15 is 0 Å². The van der Waals surface area contributed by atoms with Gasteiger partial charge in [0.15, 0.2) is 0 Å². The maximum absolute atomic E-state index is 5.68. The maximum atomic E-state index is 5.68. The molecule has 0 saturated carbocycles. The van der Waals surface area contributed by atoms with Crippen LogP contribution in [0, 0.1) is 0 Å². The molecule has 72 valence electrons. The smallest absolute Gasteiger partial charge is 0.0921 e. The number of aromatic nitrogens is 2. The highest BCUT2D eigenvalue weighted by Gasteiger charge is 2.10. The van der Waals surface area contributed by atoms with Crippen LogP contribution in [0.1, 0.15) is 25.5 Å². The first-order chi connectivity index (χ1) is 4.72. The van der Waals surface area contributed by atoms with Crippen molar-refractivity contribution < 1.29 is 0 Å². The van der Waals surface area contributed by atoms with Crippen LogP contribution in [0.25, 0.3) is 0 Å². The number of halogens is 2. The first-order valence-corrected chi connectivity index (χ1v) is 3.45. The van der Waals surface area contributed by atoms with E-state index in [9.17, 15) is 0 Å². The fourth-order valence-electron chi connectivity index (χ4n) is 0.799. The van der Waals surface area contributed by atoms with Crippen LogP contribution >= 0.6 is 34.0 Å². The first-order valence-electron chi connectivity index (χ1n) is 3.45. The van der Waals surface area contributed by atoms with Crippen molar-refractivity contribution in [3.63, 3.8) is 0 Å². The molecule has 12 heavy (non-hydrogen) atoms. The minimum atomic E-state index is 0. The van der Waals surface area contributed by atoms with Crippen molar-refractivity contribution in [2.75, 3.05) is 0 Å². The van der Waals surface area contributed by atoms with E-state index in [1.165, 1.54) is 0 Å². The predicted octanol–water partition coefficient (Wildman–Crippen LogP) is 2.02. The van der Waals surface area contributed by atoms with Gasteiger partial charge in [-0.2, -0.15) is 0 Å². The standard InChI is InChI=1S/C7H13N3.2BrH/c1-5(6(2)8)7-3-9-4-10-7;;/h3-6H,8H2,1-2H3,(H,9,10);2*1H/t5-,6-;;/m1../s1. The lowest BCUT2D eigenvalue weighted by Crippen LogP contribution is -2.22. The highest BCUT2D eigenvalue weighted by atomic mass is 79.9. The highest BCUT2D eigenvalue weighted by molar-refractivity contribution is 8.93. The van der Waals surface area contributed by atoms with Gasteiger partial charge in [-0.15, -0.1) is 34.0 Å². The average Bonchev–Trinajstić information content (AvgIpc) is 2.36. The molecule has 1 aromatic rings. The first kappa shape index (κ1) is 14.6. The molecule has 0 aliphatic heterocycles. The maximum Gasteiger partial charge on any atom is 0.0921 e. The van der Waals surface area contributed by atoms with Crippen molar-refractivity contribution in [2.24, 2.45) is 5.73 Å². The number of hydrogen-bond acceptors (Lipinski definition) is 2. The number of nitrogens with one attached hydrogen (secondary N) is 1. The highest BCUT2D eigenvalue weighted by Crippen LogP contribution is 2.13. The Morgan fingerprint density at radius 3 is 2.33 bits per heavy atom. The summed E-state index contributed by atoms with van der Waals surface area (Å²) < 4.78 is 0. The molecule has 1 rings (SSSR count). The van der Waals surface area contributed by atoms with Gasteiger partial charge in [-0.05, 0) is 6.92 Å². The summed E-state index contributed by atoms with van der Waals surface area (Å²) in [6.45, 7) is 4.07. The molecule has 1 heterocycles. The second-order valence-corrected chi connectivity index (χ2v) is 2.65. The zero-order valence-electron chi connectivity index (χ0n) is 7.15. The number of nitrogens with two attached hydrogens (primary N) is 1. The molecular formula is C7H15Br2N3.